The van der Waals surface area contributed by atoms with Crippen LogP contribution >= 0.6 is 11.3 Å². The van der Waals surface area contributed by atoms with Gasteiger partial charge in [-0.05, 0) is 30.7 Å². The first-order valence-corrected chi connectivity index (χ1v) is 8.40. The molecule has 116 valence electrons. The van der Waals surface area contributed by atoms with Crippen LogP contribution in [0.1, 0.15) is 19.8 Å². The van der Waals surface area contributed by atoms with Crippen molar-refractivity contribution < 1.29 is 4.79 Å². The average molecular weight is 323 g/mol. The minimum Gasteiger partial charge on any atom is -0.326 e. The predicted molar refractivity (Wildman–Crippen MR) is 94.3 cm³/mol. The normalized spacial score (nSPS) is 10.5. The Morgan fingerprint density at radius 2 is 1.83 bits per heavy atom. The molecule has 0 bridgehead atoms. The number of anilines is 1. The Balaban J connectivity index is 1.75. The molecule has 0 fully saturated rings. The maximum atomic E-state index is 11.6. The Kier molecular flexibility index (Phi) is 4.78. The lowest BCUT2D eigenvalue weighted by Crippen LogP contribution is -2.10. The highest BCUT2D eigenvalue weighted by molar-refractivity contribution is 7.13. The number of thiazole rings is 1. The van der Waals surface area contributed by atoms with Crippen LogP contribution in [0.15, 0.2) is 54.2 Å². The number of pyridine rings is 1. The molecule has 0 atom stereocenters. The number of carbonyl (C=O) groups is 1. The van der Waals surface area contributed by atoms with Crippen molar-refractivity contribution in [1.82, 2.24) is 9.97 Å². The van der Waals surface area contributed by atoms with Crippen molar-refractivity contribution in [3.63, 3.8) is 0 Å². The molecule has 0 aliphatic carbocycles. The van der Waals surface area contributed by atoms with Crippen molar-refractivity contribution in [3.8, 4) is 21.8 Å². The third kappa shape index (κ3) is 3.81. The van der Waals surface area contributed by atoms with Crippen LogP contribution in [0, 0.1) is 0 Å². The number of carbonyl (C=O) groups excluding carboxylic acids is 1. The molecule has 2 heterocycles. The summed E-state index contributed by atoms with van der Waals surface area (Å²) in [6, 6.07) is 11.7. The lowest BCUT2D eigenvalue weighted by molar-refractivity contribution is -0.116. The quantitative estimate of drug-likeness (QED) is 0.746. The highest BCUT2D eigenvalue weighted by Crippen LogP contribution is 2.29. The van der Waals surface area contributed by atoms with Crippen molar-refractivity contribution in [2.75, 3.05) is 5.32 Å². The Hall–Kier alpha value is -2.53. The Morgan fingerprint density at radius 3 is 2.52 bits per heavy atom. The highest BCUT2D eigenvalue weighted by atomic mass is 32.1. The number of nitrogens with zero attached hydrogens (tertiary/aromatic N) is 2. The van der Waals surface area contributed by atoms with Crippen molar-refractivity contribution in [1.29, 1.82) is 0 Å². The van der Waals surface area contributed by atoms with E-state index in [0.717, 1.165) is 33.9 Å². The van der Waals surface area contributed by atoms with Crippen molar-refractivity contribution in [2.45, 2.75) is 19.8 Å². The van der Waals surface area contributed by atoms with Gasteiger partial charge in [0.1, 0.15) is 5.01 Å². The van der Waals surface area contributed by atoms with Gasteiger partial charge in [0.05, 0.1) is 5.69 Å². The maximum Gasteiger partial charge on any atom is 0.224 e. The Labute approximate surface area is 139 Å². The van der Waals surface area contributed by atoms with E-state index in [1.165, 1.54) is 0 Å². The van der Waals surface area contributed by atoms with E-state index in [0.29, 0.717) is 6.42 Å². The fourth-order valence-electron chi connectivity index (χ4n) is 2.21. The van der Waals surface area contributed by atoms with Gasteiger partial charge in [-0.1, -0.05) is 19.1 Å². The van der Waals surface area contributed by atoms with Crippen molar-refractivity contribution >= 4 is 22.9 Å². The third-order valence-electron chi connectivity index (χ3n) is 3.37. The predicted octanol–water partition coefficient (Wildman–Crippen LogP) is 4.61. The van der Waals surface area contributed by atoms with Gasteiger partial charge in [-0.2, -0.15) is 0 Å². The van der Waals surface area contributed by atoms with Gasteiger partial charge in [-0.3, -0.25) is 9.78 Å². The SMILES string of the molecule is CCCC(=O)Nc1ccc(-c2csc(-c3ccncc3)n2)cc1. The maximum absolute atomic E-state index is 11.6. The van der Waals surface area contributed by atoms with Crippen LogP contribution in [0.5, 0.6) is 0 Å². The van der Waals surface area contributed by atoms with Gasteiger partial charge in [0.15, 0.2) is 0 Å². The monoisotopic (exact) mass is 323 g/mol. The first-order chi connectivity index (χ1) is 11.3. The Morgan fingerprint density at radius 1 is 1.09 bits per heavy atom. The van der Waals surface area contributed by atoms with Crippen LogP contribution in [0.2, 0.25) is 0 Å². The molecule has 0 radical (unpaired) electrons. The van der Waals surface area contributed by atoms with E-state index in [1.807, 2.05) is 48.7 Å². The summed E-state index contributed by atoms with van der Waals surface area (Å²) in [5, 5.41) is 5.91. The van der Waals surface area contributed by atoms with Gasteiger partial charge < -0.3 is 5.32 Å². The smallest absolute Gasteiger partial charge is 0.224 e. The summed E-state index contributed by atoms with van der Waals surface area (Å²) in [6.45, 7) is 1.99. The molecule has 3 rings (SSSR count). The summed E-state index contributed by atoms with van der Waals surface area (Å²) in [6.07, 6.45) is 4.93. The van der Waals surface area contributed by atoms with Crippen LogP contribution in [0.3, 0.4) is 0 Å². The second-order valence-electron chi connectivity index (χ2n) is 5.15. The molecule has 0 unspecified atom stereocenters. The van der Waals surface area contributed by atoms with E-state index in [1.54, 1.807) is 23.7 Å². The van der Waals surface area contributed by atoms with E-state index < -0.39 is 0 Å². The largest absolute Gasteiger partial charge is 0.326 e. The zero-order valence-corrected chi connectivity index (χ0v) is 13.6. The summed E-state index contributed by atoms with van der Waals surface area (Å²) >= 11 is 1.61. The molecule has 1 amide bonds. The van der Waals surface area contributed by atoms with Crippen molar-refractivity contribution in [3.05, 3.63) is 54.2 Å². The van der Waals surface area contributed by atoms with E-state index >= 15 is 0 Å². The Bertz CT molecular complexity index is 782. The summed E-state index contributed by atoms with van der Waals surface area (Å²) in [7, 11) is 0. The van der Waals surface area contributed by atoms with Gasteiger partial charge in [0, 0.05) is 41.0 Å². The number of nitrogens with one attached hydrogen (secondary N) is 1. The summed E-state index contributed by atoms with van der Waals surface area (Å²) < 4.78 is 0. The van der Waals surface area contributed by atoms with E-state index in [-0.39, 0.29) is 5.91 Å². The number of hydrogen-bond donors (Lipinski definition) is 1. The molecule has 0 aliphatic rings. The summed E-state index contributed by atoms with van der Waals surface area (Å²) in [5.41, 5.74) is 3.86. The summed E-state index contributed by atoms with van der Waals surface area (Å²) in [5.74, 6) is 0.0499. The summed E-state index contributed by atoms with van der Waals surface area (Å²) in [4.78, 5) is 20.3. The number of aromatic nitrogens is 2. The number of benzene rings is 1. The van der Waals surface area contributed by atoms with E-state index in [4.69, 9.17) is 0 Å². The van der Waals surface area contributed by atoms with Gasteiger partial charge in [-0.15, -0.1) is 11.3 Å². The van der Waals surface area contributed by atoms with Crippen LogP contribution in [0.25, 0.3) is 21.8 Å². The average Bonchev–Trinajstić information content (AvgIpc) is 3.07. The first-order valence-electron chi connectivity index (χ1n) is 7.52. The minimum atomic E-state index is 0.0499. The topological polar surface area (TPSA) is 54.9 Å². The molecule has 0 saturated carbocycles. The molecule has 5 heteroatoms. The number of hydrogen-bond acceptors (Lipinski definition) is 4. The molecule has 2 aromatic heterocycles. The molecule has 3 aromatic rings. The van der Waals surface area contributed by atoms with Crippen LogP contribution in [-0.2, 0) is 4.79 Å². The van der Waals surface area contributed by atoms with Gasteiger partial charge in [-0.25, -0.2) is 4.98 Å². The highest BCUT2D eigenvalue weighted by Gasteiger charge is 2.07. The fraction of sp³-hybridized carbons (Fsp3) is 0.167. The van der Waals surface area contributed by atoms with Crippen molar-refractivity contribution in [2.24, 2.45) is 0 Å². The molecule has 0 spiro atoms. The van der Waals surface area contributed by atoms with E-state index in [2.05, 4.69) is 15.3 Å². The van der Waals surface area contributed by atoms with Crippen LogP contribution < -0.4 is 5.32 Å². The van der Waals surface area contributed by atoms with Crippen LogP contribution in [-0.4, -0.2) is 15.9 Å². The molecule has 0 saturated heterocycles. The lowest BCUT2D eigenvalue weighted by atomic mass is 10.1. The van der Waals surface area contributed by atoms with E-state index in [9.17, 15) is 4.79 Å². The van der Waals surface area contributed by atoms with Gasteiger partial charge in [0.25, 0.3) is 0 Å². The lowest BCUT2D eigenvalue weighted by Gasteiger charge is -2.05. The zero-order valence-electron chi connectivity index (χ0n) is 12.8. The second-order valence-corrected chi connectivity index (χ2v) is 6.01. The molecule has 4 nitrogen and oxygen atoms in total. The fourth-order valence-corrected chi connectivity index (χ4v) is 3.04. The molecular formula is C18H17N3OS. The zero-order chi connectivity index (χ0) is 16.1. The molecule has 0 aliphatic heterocycles. The standard InChI is InChI=1S/C18H17N3OS/c1-2-3-17(22)20-15-6-4-13(5-7-15)16-12-23-18(21-16)14-8-10-19-11-9-14/h4-12H,2-3H2,1H3,(H,20,22). The van der Waals surface area contributed by atoms with Gasteiger partial charge in [0.2, 0.25) is 5.91 Å². The second kappa shape index (κ2) is 7.15. The number of amides is 1. The molecule has 23 heavy (non-hydrogen) atoms. The van der Waals surface area contributed by atoms with Crippen LogP contribution in [0.4, 0.5) is 5.69 Å². The molecule has 1 N–H and O–H groups in total. The molecule has 1 aromatic carbocycles. The third-order valence-corrected chi connectivity index (χ3v) is 4.26. The van der Waals surface area contributed by atoms with Gasteiger partial charge >= 0.3 is 0 Å². The first kappa shape index (κ1) is 15.4. The number of rotatable bonds is 5. The minimum absolute atomic E-state index is 0.0499. The molecular weight excluding hydrogens is 306 g/mol.